The minimum atomic E-state index is 0.00429. The van der Waals surface area contributed by atoms with Crippen molar-refractivity contribution in [3.63, 3.8) is 0 Å². The van der Waals surface area contributed by atoms with E-state index in [0.29, 0.717) is 18.8 Å². The van der Waals surface area contributed by atoms with E-state index in [9.17, 15) is 0 Å². The first-order valence-electron chi connectivity index (χ1n) is 3.83. The lowest BCUT2D eigenvalue weighted by Crippen LogP contribution is -1.86. The van der Waals surface area contributed by atoms with Gasteiger partial charge in [-0.25, -0.2) is 9.97 Å². The summed E-state index contributed by atoms with van der Waals surface area (Å²) in [6, 6.07) is 0. The highest BCUT2D eigenvalue weighted by Crippen LogP contribution is 2.00. The van der Waals surface area contributed by atoms with Crippen molar-refractivity contribution in [3.05, 3.63) is 28.7 Å². The van der Waals surface area contributed by atoms with Gasteiger partial charge in [-0.3, -0.25) is 0 Å². The summed E-state index contributed by atoms with van der Waals surface area (Å²) in [6.07, 6.45) is 3.00. The molecular weight excluding hydrogens is 182 g/mol. The molecule has 14 heavy (non-hydrogen) atoms. The molecule has 0 atom stereocenters. The van der Waals surface area contributed by atoms with E-state index in [4.69, 9.17) is 10.6 Å². The number of aromatic hydroxyl groups is 1. The normalized spacial score (nSPS) is 8.29. The highest BCUT2D eigenvalue weighted by molar-refractivity contribution is 5.22. The van der Waals surface area contributed by atoms with Crippen molar-refractivity contribution in [1.29, 1.82) is 0 Å². The molecule has 0 unspecified atom stereocenters. The average Bonchev–Trinajstić information content (AvgIpc) is 2.21. The highest BCUT2D eigenvalue weighted by Gasteiger charge is 1.89. The number of aromatic nitrogens is 2. The van der Waals surface area contributed by atoms with Crippen molar-refractivity contribution in [2.45, 2.75) is 6.42 Å². The van der Waals surface area contributed by atoms with E-state index >= 15 is 0 Å². The first-order valence-corrected chi connectivity index (χ1v) is 3.83. The predicted octanol–water partition coefficient (Wildman–Crippen LogP) is 1.23. The molecule has 1 aromatic heterocycles. The van der Waals surface area contributed by atoms with Crippen molar-refractivity contribution in [2.24, 2.45) is 5.11 Å². The van der Waals surface area contributed by atoms with Crippen LogP contribution in [0.15, 0.2) is 17.5 Å². The summed E-state index contributed by atoms with van der Waals surface area (Å²) in [5.74, 6) is 5.74. The van der Waals surface area contributed by atoms with Crippen molar-refractivity contribution >= 4 is 0 Å². The minimum Gasteiger partial charge on any atom is -0.505 e. The van der Waals surface area contributed by atoms with Gasteiger partial charge < -0.3 is 5.11 Å². The van der Waals surface area contributed by atoms with Gasteiger partial charge in [0.25, 0.3) is 0 Å². The standard InChI is InChI=1S/C8H7N5O/c9-13-12-4-2-1-3-8-10-5-7(14)6-11-8/h5-6,14H,2,4H2. The van der Waals surface area contributed by atoms with Crippen LogP contribution in [-0.2, 0) is 0 Å². The lowest BCUT2D eigenvalue weighted by atomic mass is 10.4. The van der Waals surface area contributed by atoms with Crippen LogP contribution >= 0.6 is 0 Å². The van der Waals surface area contributed by atoms with Gasteiger partial charge in [-0.2, -0.15) is 0 Å². The summed E-state index contributed by atoms with van der Waals surface area (Å²) in [5, 5.41) is 12.2. The van der Waals surface area contributed by atoms with Crippen LogP contribution in [0.3, 0.4) is 0 Å². The van der Waals surface area contributed by atoms with E-state index in [1.54, 1.807) is 0 Å². The fraction of sp³-hybridized carbons (Fsp3) is 0.250. The number of hydrogen-bond donors (Lipinski definition) is 1. The van der Waals surface area contributed by atoms with E-state index in [0.717, 1.165) is 0 Å². The van der Waals surface area contributed by atoms with Gasteiger partial charge in [0.2, 0.25) is 5.82 Å². The van der Waals surface area contributed by atoms with Crippen LogP contribution < -0.4 is 0 Å². The van der Waals surface area contributed by atoms with Crippen LogP contribution in [0.2, 0.25) is 0 Å². The molecule has 1 rings (SSSR count). The molecule has 0 aliphatic heterocycles. The van der Waals surface area contributed by atoms with E-state index in [1.807, 2.05) is 0 Å². The topological polar surface area (TPSA) is 94.8 Å². The molecule has 0 fully saturated rings. The van der Waals surface area contributed by atoms with Crippen molar-refractivity contribution < 1.29 is 5.11 Å². The number of hydrogen-bond acceptors (Lipinski definition) is 4. The van der Waals surface area contributed by atoms with E-state index in [1.165, 1.54) is 12.4 Å². The summed E-state index contributed by atoms with van der Waals surface area (Å²) < 4.78 is 0. The zero-order valence-electron chi connectivity index (χ0n) is 7.25. The van der Waals surface area contributed by atoms with Gasteiger partial charge in [0, 0.05) is 17.9 Å². The van der Waals surface area contributed by atoms with Crippen molar-refractivity contribution in [3.8, 4) is 17.6 Å². The quantitative estimate of drug-likeness (QED) is 0.249. The molecule has 6 nitrogen and oxygen atoms in total. The Morgan fingerprint density at radius 1 is 1.50 bits per heavy atom. The molecule has 1 heterocycles. The highest BCUT2D eigenvalue weighted by atomic mass is 16.3. The van der Waals surface area contributed by atoms with Gasteiger partial charge in [-0.15, -0.1) is 0 Å². The van der Waals surface area contributed by atoms with Gasteiger partial charge in [0.1, 0.15) is 0 Å². The third kappa shape index (κ3) is 3.43. The second-order valence-corrected chi connectivity index (χ2v) is 2.27. The molecule has 0 radical (unpaired) electrons. The molecule has 6 heteroatoms. The molecular formula is C8H7N5O. The molecule has 1 N–H and O–H groups in total. The first-order chi connectivity index (χ1) is 6.83. The Bertz CT molecular complexity index is 396. The van der Waals surface area contributed by atoms with Crippen molar-refractivity contribution in [2.75, 3.05) is 6.54 Å². The first kappa shape index (κ1) is 9.84. The molecule has 0 bridgehead atoms. The van der Waals surface area contributed by atoms with Crippen molar-refractivity contribution in [1.82, 2.24) is 9.97 Å². The zero-order valence-corrected chi connectivity index (χ0v) is 7.25. The van der Waals surface area contributed by atoms with Crippen LogP contribution in [0.1, 0.15) is 12.2 Å². The molecule has 0 saturated carbocycles. The summed E-state index contributed by atoms with van der Waals surface area (Å²) in [7, 11) is 0. The Kier molecular flexibility index (Phi) is 3.80. The Balaban J connectivity index is 2.51. The predicted molar refractivity (Wildman–Crippen MR) is 49.2 cm³/mol. The maximum absolute atomic E-state index is 8.87. The Morgan fingerprint density at radius 3 is 2.86 bits per heavy atom. The third-order valence-corrected chi connectivity index (χ3v) is 1.24. The fourth-order valence-corrected chi connectivity index (χ4v) is 0.678. The number of nitrogens with zero attached hydrogens (tertiary/aromatic N) is 5. The maximum atomic E-state index is 8.87. The summed E-state index contributed by atoms with van der Waals surface area (Å²) in [5.41, 5.74) is 7.97. The number of rotatable bonds is 2. The molecule has 0 amide bonds. The van der Waals surface area contributed by atoms with E-state index in [2.05, 4.69) is 31.8 Å². The Labute approximate surface area is 80.3 Å². The van der Waals surface area contributed by atoms with E-state index in [-0.39, 0.29) is 5.75 Å². The van der Waals surface area contributed by atoms with Crippen LogP contribution in [0, 0.1) is 11.8 Å². The van der Waals surface area contributed by atoms with Crippen LogP contribution in [-0.4, -0.2) is 21.6 Å². The molecule has 70 valence electrons. The van der Waals surface area contributed by atoms with Gasteiger partial charge in [-0.05, 0) is 11.5 Å². The molecule has 0 aliphatic rings. The molecule has 1 aromatic rings. The second kappa shape index (κ2) is 5.41. The molecule has 0 saturated heterocycles. The van der Waals surface area contributed by atoms with Crippen LogP contribution in [0.5, 0.6) is 5.75 Å². The third-order valence-electron chi connectivity index (χ3n) is 1.24. The van der Waals surface area contributed by atoms with Gasteiger partial charge in [-0.1, -0.05) is 11.0 Å². The number of azide groups is 1. The fourth-order valence-electron chi connectivity index (χ4n) is 0.678. The van der Waals surface area contributed by atoms with E-state index < -0.39 is 0 Å². The smallest absolute Gasteiger partial charge is 0.205 e. The van der Waals surface area contributed by atoms with Crippen LogP contribution in [0.4, 0.5) is 0 Å². The molecule has 0 aromatic carbocycles. The Morgan fingerprint density at radius 2 is 2.21 bits per heavy atom. The Hall–Kier alpha value is -2.25. The molecule has 0 aliphatic carbocycles. The largest absolute Gasteiger partial charge is 0.505 e. The van der Waals surface area contributed by atoms with Gasteiger partial charge in [0.05, 0.1) is 12.4 Å². The monoisotopic (exact) mass is 189 g/mol. The van der Waals surface area contributed by atoms with Gasteiger partial charge in [0.15, 0.2) is 5.75 Å². The summed E-state index contributed by atoms with van der Waals surface area (Å²) in [4.78, 5) is 10.1. The summed E-state index contributed by atoms with van der Waals surface area (Å²) >= 11 is 0. The average molecular weight is 189 g/mol. The van der Waals surface area contributed by atoms with Gasteiger partial charge >= 0.3 is 0 Å². The molecule has 0 spiro atoms. The summed E-state index contributed by atoms with van der Waals surface area (Å²) in [6.45, 7) is 0.335. The maximum Gasteiger partial charge on any atom is 0.205 e. The SMILES string of the molecule is [N-]=[N+]=NCCC#Cc1ncc(O)cn1. The second-order valence-electron chi connectivity index (χ2n) is 2.27. The zero-order chi connectivity index (χ0) is 10.2. The minimum absolute atomic E-state index is 0.00429. The lowest BCUT2D eigenvalue weighted by Gasteiger charge is -1.88. The lowest BCUT2D eigenvalue weighted by molar-refractivity contribution is 0.469. The van der Waals surface area contributed by atoms with Crippen LogP contribution in [0.25, 0.3) is 10.4 Å².